The van der Waals surface area contributed by atoms with Crippen LogP contribution in [0.25, 0.3) is 16.9 Å². The Bertz CT molecular complexity index is 1160. The molecule has 2 atom stereocenters. The van der Waals surface area contributed by atoms with E-state index in [0.29, 0.717) is 5.56 Å². The van der Waals surface area contributed by atoms with Crippen molar-refractivity contribution < 1.29 is 22.8 Å². The molecular formula is C21H13Cl2F3N2O2. The summed E-state index contributed by atoms with van der Waals surface area (Å²) in [6.07, 6.45) is 3.03. The number of aliphatic hydroxyl groups is 1. The summed E-state index contributed by atoms with van der Waals surface area (Å²) in [5.41, 5.74) is 0.553. The van der Waals surface area contributed by atoms with Gasteiger partial charge in [0, 0.05) is 29.1 Å². The quantitative estimate of drug-likeness (QED) is 0.481. The molecule has 2 aromatic heterocycles. The Kier molecular flexibility index (Phi) is 5.44. The molecule has 3 aromatic rings. The number of pyridine rings is 1. The number of nitrogens with zero attached hydrogens (tertiary/aromatic N) is 2. The van der Waals surface area contributed by atoms with Crippen molar-refractivity contribution in [3.8, 4) is 11.3 Å². The molecule has 2 heterocycles. The topological polar surface area (TPSA) is 59.2 Å². The van der Waals surface area contributed by atoms with Crippen molar-refractivity contribution in [3.05, 3.63) is 88.4 Å². The largest absolute Gasteiger partial charge is 0.383 e. The second-order valence-corrected chi connectivity index (χ2v) is 7.71. The molecule has 0 bridgehead atoms. The van der Waals surface area contributed by atoms with E-state index < -0.39 is 29.3 Å². The van der Waals surface area contributed by atoms with E-state index in [1.165, 1.54) is 18.5 Å². The molecule has 4 rings (SSSR count). The Morgan fingerprint density at radius 2 is 2.03 bits per heavy atom. The molecule has 0 saturated heterocycles. The van der Waals surface area contributed by atoms with Gasteiger partial charge >= 0.3 is 0 Å². The Morgan fingerprint density at radius 3 is 2.70 bits per heavy atom. The molecule has 4 nitrogen and oxygen atoms in total. The number of alkyl halides is 2. The number of rotatable bonds is 4. The van der Waals surface area contributed by atoms with Gasteiger partial charge in [0.1, 0.15) is 23.4 Å². The summed E-state index contributed by atoms with van der Waals surface area (Å²) >= 11 is 11.7. The summed E-state index contributed by atoms with van der Waals surface area (Å²) in [6.45, 7) is 0. The Balaban J connectivity index is 1.92. The number of aromatic nitrogens is 2. The second-order valence-electron chi connectivity index (χ2n) is 6.68. The van der Waals surface area contributed by atoms with E-state index in [-0.39, 0.29) is 33.2 Å². The molecule has 1 aliphatic rings. The van der Waals surface area contributed by atoms with Crippen molar-refractivity contribution in [2.24, 2.45) is 0 Å². The molecule has 154 valence electrons. The first-order valence-corrected chi connectivity index (χ1v) is 9.51. The van der Waals surface area contributed by atoms with E-state index in [4.69, 9.17) is 27.7 Å². The zero-order chi connectivity index (χ0) is 21.5. The number of halogens is 5. The average Bonchev–Trinajstić information content (AvgIpc) is 3.11. The zero-order valence-electron chi connectivity index (χ0n) is 15.1. The highest BCUT2D eigenvalue weighted by molar-refractivity contribution is 6.33. The van der Waals surface area contributed by atoms with E-state index >= 15 is 0 Å². The summed E-state index contributed by atoms with van der Waals surface area (Å²) in [7, 11) is 0. The molecular weight excluding hydrogens is 440 g/mol. The van der Waals surface area contributed by atoms with Gasteiger partial charge in [0.15, 0.2) is 5.76 Å². The maximum Gasteiger partial charge on any atom is 0.208 e. The summed E-state index contributed by atoms with van der Waals surface area (Å²) in [5, 5.41) is 12.6. The molecule has 0 saturated carbocycles. The van der Waals surface area contributed by atoms with Gasteiger partial charge in [-0.05, 0) is 36.4 Å². The highest BCUT2D eigenvalue weighted by atomic mass is 35.5. The second kappa shape index (κ2) is 7.91. The Hall–Kier alpha value is -2.61. The van der Waals surface area contributed by atoms with Crippen LogP contribution < -0.4 is 0 Å². The number of benzene rings is 1. The van der Waals surface area contributed by atoms with Crippen LogP contribution in [0.5, 0.6) is 0 Å². The van der Waals surface area contributed by atoms with Gasteiger partial charge in [0.2, 0.25) is 5.13 Å². The summed E-state index contributed by atoms with van der Waals surface area (Å²) < 4.78 is 47.5. The third-order valence-electron chi connectivity index (χ3n) is 4.61. The van der Waals surface area contributed by atoms with Crippen molar-refractivity contribution >= 4 is 28.8 Å². The predicted molar refractivity (Wildman–Crippen MR) is 107 cm³/mol. The standard InChI is InChI=1S/C21H13Cl2F3N2O2/c22-15-8-12(24)3-4-13(15)20-17(19(29)11-2-1-7-27-10-11)18(28-30-20)14-5-6-21(23,26)9-16(14)25/h1-8,10,19,29H,9H2. The molecule has 30 heavy (non-hydrogen) atoms. The van der Waals surface area contributed by atoms with Crippen LogP contribution in [-0.4, -0.2) is 20.4 Å². The number of hydrogen-bond acceptors (Lipinski definition) is 4. The normalized spacial score (nSPS) is 19.9. The van der Waals surface area contributed by atoms with Crippen molar-refractivity contribution in [1.82, 2.24) is 10.1 Å². The van der Waals surface area contributed by atoms with Crippen LogP contribution in [0.1, 0.15) is 29.3 Å². The molecule has 9 heteroatoms. The predicted octanol–water partition coefficient (Wildman–Crippen LogP) is 6.16. The van der Waals surface area contributed by atoms with Gasteiger partial charge in [-0.25, -0.2) is 13.2 Å². The lowest BCUT2D eigenvalue weighted by molar-refractivity contribution is 0.219. The van der Waals surface area contributed by atoms with Gasteiger partial charge < -0.3 is 9.63 Å². The minimum Gasteiger partial charge on any atom is -0.383 e. The molecule has 1 N–H and O–H groups in total. The van der Waals surface area contributed by atoms with Gasteiger partial charge in [-0.3, -0.25) is 4.98 Å². The first-order chi connectivity index (χ1) is 14.3. The highest BCUT2D eigenvalue weighted by Crippen LogP contribution is 2.44. The lowest BCUT2D eigenvalue weighted by Gasteiger charge is -2.19. The Morgan fingerprint density at radius 1 is 1.23 bits per heavy atom. The van der Waals surface area contributed by atoms with E-state index in [1.54, 1.807) is 12.1 Å². The molecule has 2 unspecified atom stereocenters. The molecule has 0 spiro atoms. The van der Waals surface area contributed by atoms with Gasteiger partial charge in [-0.2, -0.15) is 0 Å². The van der Waals surface area contributed by atoms with Gasteiger partial charge in [-0.1, -0.05) is 34.4 Å². The van der Waals surface area contributed by atoms with Crippen LogP contribution >= 0.6 is 23.2 Å². The first kappa shape index (κ1) is 20.7. The lowest BCUT2D eigenvalue weighted by atomic mass is 9.92. The molecule has 1 aromatic carbocycles. The van der Waals surface area contributed by atoms with Crippen LogP contribution in [0.2, 0.25) is 5.02 Å². The summed E-state index contributed by atoms with van der Waals surface area (Å²) in [4.78, 5) is 3.97. The van der Waals surface area contributed by atoms with E-state index in [1.807, 2.05) is 0 Å². The molecule has 1 aliphatic carbocycles. The minimum absolute atomic E-state index is 0.00880. The van der Waals surface area contributed by atoms with Gasteiger partial charge in [0.25, 0.3) is 0 Å². The maximum absolute atomic E-state index is 14.7. The summed E-state index contributed by atoms with van der Waals surface area (Å²) in [6, 6.07) is 6.81. The molecule has 0 fully saturated rings. The van der Waals surface area contributed by atoms with Crippen LogP contribution in [-0.2, 0) is 0 Å². The van der Waals surface area contributed by atoms with Crippen LogP contribution in [0.4, 0.5) is 13.2 Å². The highest BCUT2D eigenvalue weighted by Gasteiger charge is 2.34. The SMILES string of the molecule is OC(c1cccnc1)c1c(C2=C(F)CC(F)(Cl)C=C2)noc1-c1ccc(F)cc1Cl. The van der Waals surface area contributed by atoms with Gasteiger partial charge in [0.05, 0.1) is 17.0 Å². The lowest BCUT2D eigenvalue weighted by Crippen LogP contribution is -2.15. The van der Waals surface area contributed by atoms with E-state index in [2.05, 4.69) is 10.1 Å². The van der Waals surface area contributed by atoms with E-state index in [9.17, 15) is 18.3 Å². The minimum atomic E-state index is -2.36. The first-order valence-electron chi connectivity index (χ1n) is 8.76. The third-order valence-corrected chi connectivity index (χ3v) is 5.18. The Labute approximate surface area is 179 Å². The average molecular weight is 453 g/mol. The van der Waals surface area contributed by atoms with Crippen LogP contribution in [0.3, 0.4) is 0 Å². The van der Waals surface area contributed by atoms with Crippen LogP contribution in [0, 0.1) is 5.82 Å². The molecule has 0 radical (unpaired) electrons. The fourth-order valence-corrected chi connectivity index (χ4v) is 3.61. The van der Waals surface area contributed by atoms with Crippen LogP contribution in [0.15, 0.2) is 65.2 Å². The zero-order valence-corrected chi connectivity index (χ0v) is 16.6. The van der Waals surface area contributed by atoms with Crippen molar-refractivity contribution in [1.29, 1.82) is 0 Å². The smallest absolute Gasteiger partial charge is 0.208 e. The number of aliphatic hydroxyl groups excluding tert-OH is 1. The van der Waals surface area contributed by atoms with Crippen molar-refractivity contribution in [3.63, 3.8) is 0 Å². The summed E-state index contributed by atoms with van der Waals surface area (Å²) in [5.74, 6) is -1.41. The van der Waals surface area contributed by atoms with Crippen molar-refractivity contribution in [2.75, 3.05) is 0 Å². The van der Waals surface area contributed by atoms with E-state index in [0.717, 1.165) is 24.3 Å². The fraction of sp³-hybridized carbons (Fsp3) is 0.143. The molecule has 0 aliphatic heterocycles. The fourth-order valence-electron chi connectivity index (χ4n) is 3.18. The maximum atomic E-state index is 14.7. The van der Waals surface area contributed by atoms with Gasteiger partial charge in [-0.15, -0.1) is 0 Å². The molecule has 0 amide bonds. The third kappa shape index (κ3) is 3.88. The monoisotopic (exact) mass is 452 g/mol. The number of allylic oxidation sites excluding steroid dienone is 4. The van der Waals surface area contributed by atoms with Crippen molar-refractivity contribution in [2.45, 2.75) is 17.7 Å². The number of hydrogen-bond donors (Lipinski definition) is 1.